The second-order valence-corrected chi connectivity index (χ2v) is 5.37. The maximum absolute atomic E-state index is 9.67. The average Bonchev–Trinajstić information content (AvgIpc) is 2.84. The highest BCUT2D eigenvalue weighted by atomic mass is 16.3. The van der Waals surface area contributed by atoms with Gasteiger partial charge in [0.2, 0.25) is 0 Å². The van der Waals surface area contributed by atoms with Crippen LogP contribution in [0.3, 0.4) is 0 Å². The van der Waals surface area contributed by atoms with Crippen molar-refractivity contribution in [1.82, 2.24) is 15.0 Å². The van der Waals surface area contributed by atoms with Crippen molar-refractivity contribution < 1.29 is 5.11 Å². The topological polar surface area (TPSA) is 50.9 Å². The Morgan fingerprint density at radius 3 is 2.35 bits per heavy atom. The predicted octanol–water partition coefficient (Wildman–Crippen LogP) is 3.36. The predicted molar refractivity (Wildman–Crippen MR) is 80.0 cm³/mol. The van der Waals surface area contributed by atoms with Crippen LogP contribution >= 0.6 is 0 Å². The number of aryl methyl sites for hydroxylation is 3. The molecule has 1 unspecified atom stereocenters. The van der Waals surface area contributed by atoms with Crippen LogP contribution in [-0.4, -0.2) is 20.1 Å². The molecule has 0 saturated carbocycles. The molecule has 1 N–H and O–H groups in total. The number of phenolic OH excluding ortho intramolecular Hbond substituents is 1. The number of phenols is 1. The summed E-state index contributed by atoms with van der Waals surface area (Å²) in [7, 11) is 0. The Labute approximate surface area is 120 Å². The number of aromatic hydroxyl groups is 1. The van der Waals surface area contributed by atoms with E-state index in [1.165, 1.54) is 5.56 Å². The minimum atomic E-state index is 0.343. The summed E-state index contributed by atoms with van der Waals surface area (Å²) in [5.74, 6) is 0.758. The molecule has 0 saturated heterocycles. The molecule has 0 bridgehead atoms. The Hall–Kier alpha value is -1.84. The van der Waals surface area contributed by atoms with Crippen molar-refractivity contribution in [1.29, 1.82) is 0 Å². The van der Waals surface area contributed by atoms with Gasteiger partial charge >= 0.3 is 0 Å². The average molecular weight is 273 g/mol. The Morgan fingerprint density at radius 1 is 1.20 bits per heavy atom. The SMILES string of the molecule is CCC(Cc1cn(CC)nn1)c1c(C)cc(O)cc1C. The van der Waals surface area contributed by atoms with Crippen LogP contribution in [0.4, 0.5) is 0 Å². The van der Waals surface area contributed by atoms with Crippen LogP contribution < -0.4 is 0 Å². The van der Waals surface area contributed by atoms with E-state index < -0.39 is 0 Å². The summed E-state index contributed by atoms with van der Waals surface area (Å²) >= 11 is 0. The zero-order valence-corrected chi connectivity index (χ0v) is 12.7. The molecule has 0 radical (unpaired) electrons. The van der Waals surface area contributed by atoms with Gasteiger partial charge in [-0.2, -0.15) is 0 Å². The lowest BCUT2D eigenvalue weighted by molar-refractivity contribution is 0.473. The van der Waals surface area contributed by atoms with Crippen molar-refractivity contribution in [3.05, 3.63) is 40.7 Å². The van der Waals surface area contributed by atoms with Gasteiger partial charge in [0.05, 0.1) is 5.69 Å². The number of aromatic nitrogens is 3. The van der Waals surface area contributed by atoms with Gasteiger partial charge in [0.25, 0.3) is 0 Å². The minimum absolute atomic E-state index is 0.343. The number of benzene rings is 1. The van der Waals surface area contributed by atoms with Gasteiger partial charge in [0.15, 0.2) is 0 Å². The smallest absolute Gasteiger partial charge is 0.116 e. The molecule has 0 amide bonds. The van der Waals surface area contributed by atoms with Gasteiger partial charge in [-0.3, -0.25) is 4.68 Å². The first kappa shape index (κ1) is 14.6. The zero-order valence-electron chi connectivity index (χ0n) is 12.7. The highest BCUT2D eigenvalue weighted by molar-refractivity contribution is 5.42. The third kappa shape index (κ3) is 3.00. The summed E-state index contributed by atoms with van der Waals surface area (Å²) in [4.78, 5) is 0. The van der Waals surface area contributed by atoms with E-state index in [-0.39, 0.29) is 0 Å². The van der Waals surface area contributed by atoms with Gasteiger partial charge in [-0.05, 0) is 68.4 Å². The fourth-order valence-electron chi connectivity index (χ4n) is 2.89. The highest BCUT2D eigenvalue weighted by Gasteiger charge is 2.17. The fraction of sp³-hybridized carbons (Fsp3) is 0.500. The van der Waals surface area contributed by atoms with Crippen LogP contribution in [-0.2, 0) is 13.0 Å². The maximum Gasteiger partial charge on any atom is 0.116 e. The van der Waals surface area contributed by atoms with Crippen LogP contribution in [0.2, 0.25) is 0 Å². The first-order valence-corrected chi connectivity index (χ1v) is 7.24. The Balaban J connectivity index is 2.28. The van der Waals surface area contributed by atoms with E-state index >= 15 is 0 Å². The molecule has 0 spiro atoms. The largest absolute Gasteiger partial charge is 0.508 e. The maximum atomic E-state index is 9.67. The first-order chi connectivity index (χ1) is 9.55. The summed E-state index contributed by atoms with van der Waals surface area (Å²) in [5.41, 5.74) is 4.66. The van der Waals surface area contributed by atoms with Crippen LogP contribution in [0.5, 0.6) is 5.75 Å². The fourth-order valence-corrected chi connectivity index (χ4v) is 2.89. The van der Waals surface area contributed by atoms with Crippen molar-refractivity contribution in [3.63, 3.8) is 0 Å². The first-order valence-electron chi connectivity index (χ1n) is 7.24. The molecule has 0 aliphatic heterocycles. The molecule has 1 atom stereocenters. The third-order valence-corrected chi connectivity index (χ3v) is 3.85. The number of hydrogen-bond acceptors (Lipinski definition) is 3. The van der Waals surface area contributed by atoms with Crippen molar-refractivity contribution in [2.24, 2.45) is 0 Å². The minimum Gasteiger partial charge on any atom is -0.508 e. The standard InChI is InChI=1S/C16H23N3O/c1-5-13(9-14-10-19(6-2)18-17-14)16-11(3)7-15(20)8-12(16)4/h7-8,10,13,20H,5-6,9H2,1-4H3. The van der Waals surface area contributed by atoms with E-state index in [0.29, 0.717) is 11.7 Å². The summed E-state index contributed by atoms with van der Waals surface area (Å²) in [6.07, 6.45) is 3.96. The van der Waals surface area contributed by atoms with Crippen molar-refractivity contribution in [3.8, 4) is 5.75 Å². The normalized spacial score (nSPS) is 12.6. The van der Waals surface area contributed by atoms with Crippen LogP contribution in [0.15, 0.2) is 18.3 Å². The van der Waals surface area contributed by atoms with Crippen LogP contribution in [0, 0.1) is 13.8 Å². The molecule has 0 aliphatic carbocycles. The molecular formula is C16H23N3O. The molecule has 108 valence electrons. The van der Waals surface area contributed by atoms with Gasteiger partial charge in [-0.1, -0.05) is 12.1 Å². The molecule has 20 heavy (non-hydrogen) atoms. The number of rotatable bonds is 5. The molecular weight excluding hydrogens is 250 g/mol. The third-order valence-electron chi connectivity index (χ3n) is 3.85. The van der Waals surface area contributed by atoms with Crippen LogP contribution in [0.1, 0.15) is 48.6 Å². The molecule has 2 rings (SSSR count). The summed E-state index contributed by atoms with van der Waals surface area (Å²) < 4.78 is 1.86. The quantitative estimate of drug-likeness (QED) is 0.908. The molecule has 4 nitrogen and oxygen atoms in total. The van der Waals surface area contributed by atoms with E-state index in [4.69, 9.17) is 0 Å². The van der Waals surface area contributed by atoms with Crippen molar-refractivity contribution in [2.75, 3.05) is 0 Å². The van der Waals surface area contributed by atoms with E-state index in [1.54, 1.807) is 0 Å². The number of hydrogen-bond donors (Lipinski definition) is 1. The van der Waals surface area contributed by atoms with Crippen molar-refractivity contribution in [2.45, 2.75) is 53.0 Å². The molecule has 0 fully saturated rings. The Morgan fingerprint density at radius 2 is 1.85 bits per heavy atom. The highest BCUT2D eigenvalue weighted by Crippen LogP contribution is 2.31. The molecule has 1 aromatic heterocycles. The van der Waals surface area contributed by atoms with Gasteiger partial charge in [-0.25, -0.2) is 0 Å². The molecule has 2 aromatic rings. The summed E-state index contributed by atoms with van der Waals surface area (Å²) in [6, 6.07) is 3.68. The summed E-state index contributed by atoms with van der Waals surface area (Å²) in [5, 5.41) is 18.0. The molecule has 1 heterocycles. The number of nitrogens with zero attached hydrogens (tertiary/aromatic N) is 3. The van der Waals surface area contributed by atoms with Gasteiger partial charge < -0.3 is 5.11 Å². The molecule has 1 aromatic carbocycles. The molecule has 4 heteroatoms. The second-order valence-electron chi connectivity index (χ2n) is 5.37. The monoisotopic (exact) mass is 273 g/mol. The van der Waals surface area contributed by atoms with Gasteiger partial charge in [-0.15, -0.1) is 5.10 Å². The zero-order chi connectivity index (χ0) is 14.7. The van der Waals surface area contributed by atoms with Gasteiger partial charge in [0.1, 0.15) is 5.75 Å². The lowest BCUT2D eigenvalue weighted by atomic mass is 9.86. The van der Waals surface area contributed by atoms with Crippen LogP contribution in [0.25, 0.3) is 0 Å². The Kier molecular flexibility index (Phi) is 4.42. The lowest BCUT2D eigenvalue weighted by Gasteiger charge is -2.19. The van der Waals surface area contributed by atoms with Gasteiger partial charge in [0, 0.05) is 12.7 Å². The Bertz CT molecular complexity index is 566. The van der Waals surface area contributed by atoms with E-state index in [0.717, 1.165) is 36.2 Å². The van der Waals surface area contributed by atoms with Crippen molar-refractivity contribution >= 4 is 0 Å². The van der Waals surface area contributed by atoms with E-state index in [9.17, 15) is 5.11 Å². The lowest BCUT2D eigenvalue weighted by Crippen LogP contribution is -2.06. The van der Waals surface area contributed by atoms with E-state index in [1.807, 2.05) is 23.0 Å². The van der Waals surface area contributed by atoms with E-state index in [2.05, 4.69) is 38.0 Å². The summed E-state index contributed by atoms with van der Waals surface area (Å²) in [6.45, 7) is 9.23. The second kappa shape index (κ2) is 6.07. The molecule has 0 aliphatic rings.